The van der Waals surface area contributed by atoms with Gasteiger partial charge < -0.3 is 10.1 Å². The van der Waals surface area contributed by atoms with Crippen molar-refractivity contribution in [3.8, 4) is 0 Å². The van der Waals surface area contributed by atoms with Gasteiger partial charge in [-0.1, -0.05) is 13.3 Å². The molecule has 1 heterocycles. The zero-order valence-corrected chi connectivity index (χ0v) is 14.9. The summed E-state index contributed by atoms with van der Waals surface area (Å²) >= 11 is 0. The van der Waals surface area contributed by atoms with Crippen molar-refractivity contribution < 1.29 is 23.1 Å². The van der Waals surface area contributed by atoms with Crippen molar-refractivity contribution in [3.63, 3.8) is 0 Å². The highest BCUT2D eigenvalue weighted by Gasteiger charge is 2.53. The van der Waals surface area contributed by atoms with Gasteiger partial charge in [-0.15, -0.1) is 0 Å². The second-order valence-corrected chi connectivity index (χ2v) is 6.92. The van der Waals surface area contributed by atoms with Crippen LogP contribution in [0.5, 0.6) is 0 Å². The van der Waals surface area contributed by atoms with Gasteiger partial charge in [-0.25, -0.2) is 8.78 Å². The van der Waals surface area contributed by atoms with Crippen LogP contribution in [0.3, 0.4) is 0 Å². The van der Waals surface area contributed by atoms with Crippen molar-refractivity contribution in [2.24, 2.45) is 0 Å². The van der Waals surface area contributed by atoms with E-state index in [0.717, 1.165) is 37.8 Å². The van der Waals surface area contributed by atoms with Gasteiger partial charge in [0.15, 0.2) is 0 Å². The highest BCUT2D eigenvalue weighted by Crippen LogP contribution is 2.41. The summed E-state index contributed by atoms with van der Waals surface area (Å²) in [5, 5.41) is 2.79. The molecule has 26 heavy (non-hydrogen) atoms. The van der Waals surface area contributed by atoms with Crippen molar-refractivity contribution in [1.29, 1.82) is 0 Å². The third kappa shape index (κ3) is 3.45. The molecule has 2 fully saturated rings. The van der Waals surface area contributed by atoms with Gasteiger partial charge >= 0.3 is 0 Å². The largest absolute Gasteiger partial charge is 0.354 e. The summed E-state index contributed by atoms with van der Waals surface area (Å²) in [6, 6.07) is 2.05. The predicted molar refractivity (Wildman–Crippen MR) is 91.4 cm³/mol. The predicted octanol–water partition coefficient (Wildman–Crippen LogP) is 2.99. The minimum Gasteiger partial charge on any atom is -0.354 e. The Morgan fingerprint density at radius 3 is 2.65 bits per heavy atom. The number of ether oxygens (including phenoxy) is 1. The Bertz CT molecular complexity index is 689. The molecule has 0 aromatic heterocycles. The quantitative estimate of drug-likeness (QED) is 0.891. The molecule has 1 saturated heterocycles. The lowest BCUT2D eigenvalue weighted by Crippen LogP contribution is -2.56. The Hall–Kier alpha value is -2.02. The van der Waals surface area contributed by atoms with E-state index in [1.165, 1.54) is 4.90 Å². The number of carbonyl (C=O) groups is 2. The molecule has 1 aliphatic heterocycles. The third-order valence-electron chi connectivity index (χ3n) is 5.13. The zero-order valence-electron chi connectivity index (χ0n) is 14.9. The van der Waals surface area contributed by atoms with Crippen molar-refractivity contribution in [1.82, 2.24) is 10.2 Å². The molecule has 1 unspecified atom stereocenters. The van der Waals surface area contributed by atoms with Crippen LogP contribution in [-0.4, -0.2) is 41.6 Å². The van der Waals surface area contributed by atoms with E-state index < -0.39 is 29.3 Å². The molecule has 2 aliphatic rings. The summed E-state index contributed by atoms with van der Waals surface area (Å²) in [6.07, 6.45) is 4.77. The Labute approximate surface area is 151 Å². The molecule has 1 aromatic rings. The first-order valence-electron chi connectivity index (χ1n) is 9.19. The van der Waals surface area contributed by atoms with Gasteiger partial charge in [0.05, 0.1) is 12.2 Å². The first-order valence-corrected chi connectivity index (χ1v) is 9.19. The molecular formula is C19H24F2N2O3. The van der Waals surface area contributed by atoms with Crippen LogP contribution in [0.4, 0.5) is 8.78 Å². The average Bonchev–Trinajstić information content (AvgIpc) is 2.98. The highest BCUT2D eigenvalue weighted by molar-refractivity contribution is 5.98. The molecule has 1 N–H and O–H groups in total. The molecule has 1 saturated carbocycles. The van der Waals surface area contributed by atoms with Crippen LogP contribution in [0.15, 0.2) is 18.2 Å². The van der Waals surface area contributed by atoms with Crippen LogP contribution >= 0.6 is 0 Å². The summed E-state index contributed by atoms with van der Waals surface area (Å²) in [5.74, 6) is -2.61. The summed E-state index contributed by atoms with van der Waals surface area (Å²) in [5.41, 5.74) is -1.13. The van der Waals surface area contributed by atoms with E-state index >= 15 is 0 Å². The van der Waals surface area contributed by atoms with Gasteiger partial charge in [0, 0.05) is 12.6 Å². The van der Waals surface area contributed by atoms with Gasteiger partial charge in [0.1, 0.15) is 23.4 Å². The molecule has 5 nitrogen and oxygen atoms in total. The third-order valence-corrected chi connectivity index (χ3v) is 5.13. The fourth-order valence-electron chi connectivity index (χ4n) is 3.83. The Kier molecular flexibility index (Phi) is 5.55. The first-order chi connectivity index (χ1) is 12.5. The van der Waals surface area contributed by atoms with E-state index in [1.54, 1.807) is 0 Å². The van der Waals surface area contributed by atoms with Gasteiger partial charge in [0.2, 0.25) is 5.91 Å². The fourth-order valence-corrected chi connectivity index (χ4v) is 3.83. The fraction of sp³-hybridized carbons (Fsp3) is 0.579. The van der Waals surface area contributed by atoms with Crippen LogP contribution in [0.1, 0.15) is 55.8 Å². The van der Waals surface area contributed by atoms with Crippen LogP contribution in [-0.2, 0) is 9.53 Å². The minimum atomic E-state index is -0.930. The molecule has 1 aliphatic carbocycles. The number of nitrogens with one attached hydrogen (secondary N) is 1. The van der Waals surface area contributed by atoms with Gasteiger partial charge in [-0.3, -0.25) is 14.5 Å². The van der Waals surface area contributed by atoms with E-state index in [4.69, 9.17) is 4.74 Å². The standard InChI is InChI=1S/C19H24F2N2O3/c1-2-10-22-17(24)16-12-26-19(8-4-3-5-9-19)23(16)18(25)14-7-6-13(20)11-15(14)21/h6-7,11,16H,2-5,8-10,12H2,1H3,(H,22,24). The number of hydrogen-bond donors (Lipinski definition) is 1. The molecule has 0 radical (unpaired) electrons. The van der Waals surface area contributed by atoms with E-state index in [9.17, 15) is 18.4 Å². The second-order valence-electron chi connectivity index (χ2n) is 6.92. The average molecular weight is 366 g/mol. The normalized spacial score (nSPS) is 21.8. The number of rotatable bonds is 4. The molecule has 0 bridgehead atoms. The highest BCUT2D eigenvalue weighted by atomic mass is 19.1. The van der Waals surface area contributed by atoms with E-state index in [-0.39, 0.29) is 18.1 Å². The number of hydrogen-bond acceptors (Lipinski definition) is 3. The lowest BCUT2D eigenvalue weighted by atomic mass is 9.89. The lowest BCUT2D eigenvalue weighted by molar-refractivity contribution is -0.127. The van der Waals surface area contributed by atoms with Gasteiger partial charge in [-0.2, -0.15) is 0 Å². The van der Waals surface area contributed by atoms with Crippen LogP contribution < -0.4 is 5.32 Å². The van der Waals surface area contributed by atoms with Crippen LogP contribution in [0, 0.1) is 11.6 Å². The molecule has 2 amide bonds. The number of nitrogens with zero attached hydrogens (tertiary/aromatic N) is 1. The number of halogens is 2. The lowest BCUT2D eigenvalue weighted by Gasteiger charge is -2.41. The smallest absolute Gasteiger partial charge is 0.259 e. The minimum absolute atomic E-state index is 0.0874. The molecule has 7 heteroatoms. The monoisotopic (exact) mass is 366 g/mol. The SMILES string of the molecule is CCCNC(=O)C1COC2(CCCCC2)N1C(=O)c1ccc(F)cc1F. The van der Waals surface area contributed by atoms with Crippen LogP contribution in [0.2, 0.25) is 0 Å². The van der Waals surface area contributed by atoms with Crippen molar-refractivity contribution >= 4 is 11.8 Å². The van der Waals surface area contributed by atoms with E-state index in [2.05, 4.69) is 5.32 Å². The summed E-state index contributed by atoms with van der Waals surface area (Å²) < 4.78 is 33.4. The molecule has 3 rings (SSSR count). The maximum atomic E-state index is 14.2. The number of benzene rings is 1. The maximum Gasteiger partial charge on any atom is 0.259 e. The molecule has 1 atom stereocenters. The summed E-state index contributed by atoms with van der Waals surface area (Å²) in [4.78, 5) is 27.1. The second kappa shape index (κ2) is 7.70. The van der Waals surface area contributed by atoms with E-state index in [0.29, 0.717) is 25.5 Å². The van der Waals surface area contributed by atoms with Crippen molar-refractivity contribution in [2.75, 3.05) is 13.2 Å². The van der Waals surface area contributed by atoms with Gasteiger partial charge in [-0.05, 0) is 44.2 Å². The van der Waals surface area contributed by atoms with Crippen molar-refractivity contribution in [3.05, 3.63) is 35.4 Å². The molecule has 1 spiro atoms. The van der Waals surface area contributed by atoms with E-state index in [1.807, 2.05) is 6.92 Å². The Morgan fingerprint density at radius 2 is 2.00 bits per heavy atom. The molecule has 1 aromatic carbocycles. The maximum absolute atomic E-state index is 14.2. The Balaban J connectivity index is 1.94. The van der Waals surface area contributed by atoms with Crippen LogP contribution in [0.25, 0.3) is 0 Å². The van der Waals surface area contributed by atoms with Gasteiger partial charge in [0.25, 0.3) is 5.91 Å². The summed E-state index contributed by atoms with van der Waals surface area (Å²) in [6.45, 7) is 2.52. The summed E-state index contributed by atoms with van der Waals surface area (Å²) in [7, 11) is 0. The number of carbonyl (C=O) groups excluding carboxylic acids is 2. The number of amides is 2. The zero-order chi connectivity index (χ0) is 18.7. The Morgan fingerprint density at radius 1 is 1.27 bits per heavy atom. The molecular weight excluding hydrogens is 342 g/mol. The van der Waals surface area contributed by atoms with Crippen molar-refractivity contribution in [2.45, 2.75) is 57.2 Å². The first kappa shape index (κ1) is 18.8. The topological polar surface area (TPSA) is 58.6 Å². The molecule has 142 valence electrons.